The van der Waals surface area contributed by atoms with E-state index >= 15 is 0 Å². The molecule has 0 aliphatic carbocycles. The quantitative estimate of drug-likeness (QED) is 0.410. The third-order valence-corrected chi connectivity index (χ3v) is 4.15. The van der Waals surface area contributed by atoms with Crippen LogP contribution in [-0.4, -0.2) is 35.4 Å². The number of amides is 2. The van der Waals surface area contributed by atoms with Gasteiger partial charge in [0.05, 0.1) is 4.92 Å². The van der Waals surface area contributed by atoms with E-state index in [9.17, 15) is 19.7 Å². The van der Waals surface area contributed by atoms with Gasteiger partial charge in [-0.05, 0) is 65.3 Å². The van der Waals surface area contributed by atoms with Gasteiger partial charge in [0, 0.05) is 24.9 Å². The molecular formula is C24H31N3O7. The second-order valence-electron chi connectivity index (χ2n) is 9.56. The fraction of sp³-hybridized carbons (Fsp3) is 0.417. The Hall–Kier alpha value is -3.82. The molecular weight excluding hydrogens is 442 g/mol. The molecule has 2 aromatic rings. The van der Waals surface area contributed by atoms with Crippen molar-refractivity contribution in [2.24, 2.45) is 0 Å². The number of ether oxygens (including phenoxy) is 3. The second-order valence-corrected chi connectivity index (χ2v) is 9.56. The van der Waals surface area contributed by atoms with Gasteiger partial charge in [0.2, 0.25) is 0 Å². The molecule has 0 spiro atoms. The van der Waals surface area contributed by atoms with Crippen molar-refractivity contribution in [1.82, 2.24) is 0 Å². The number of carbonyl (C=O) groups excluding carboxylic acids is 2. The zero-order valence-corrected chi connectivity index (χ0v) is 20.5. The standard InChI is InChI=1S/C24H31N3O7/c1-23(2,3)33-21(28)25-17-10-8-9-16(13-17)15-32-18-11-12-19(27(30)31)20(14-18)26(7)22(29)34-24(4,5)6/h8-14H,15H2,1-7H3,(H,25,28). The molecule has 0 radical (unpaired) electrons. The number of nitrogens with one attached hydrogen (secondary N) is 1. The molecule has 0 saturated heterocycles. The summed E-state index contributed by atoms with van der Waals surface area (Å²) in [6.45, 7) is 10.6. The first kappa shape index (κ1) is 26.4. The van der Waals surface area contributed by atoms with E-state index < -0.39 is 28.3 Å². The number of carbonyl (C=O) groups is 2. The molecule has 0 aliphatic rings. The molecule has 2 aromatic carbocycles. The fourth-order valence-corrected chi connectivity index (χ4v) is 2.77. The van der Waals surface area contributed by atoms with E-state index in [0.717, 1.165) is 10.5 Å². The van der Waals surface area contributed by atoms with Crippen LogP contribution in [0.4, 0.5) is 26.7 Å². The van der Waals surface area contributed by atoms with Crippen LogP contribution >= 0.6 is 0 Å². The molecule has 0 unspecified atom stereocenters. The van der Waals surface area contributed by atoms with Crippen LogP contribution in [0.25, 0.3) is 0 Å². The highest BCUT2D eigenvalue weighted by atomic mass is 16.6. The molecule has 0 aromatic heterocycles. The molecule has 0 bridgehead atoms. The normalized spacial score (nSPS) is 11.4. The van der Waals surface area contributed by atoms with Crippen molar-refractivity contribution in [2.75, 3.05) is 17.3 Å². The van der Waals surface area contributed by atoms with Crippen LogP contribution in [0.2, 0.25) is 0 Å². The van der Waals surface area contributed by atoms with Gasteiger partial charge in [-0.1, -0.05) is 12.1 Å². The summed E-state index contributed by atoms with van der Waals surface area (Å²) in [5.74, 6) is 0.321. The number of nitrogens with zero attached hydrogens (tertiary/aromatic N) is 2. The van der Waals surface area contributed by atoms with Crippen LogP contribution in [-0.2, 0) is 16.1 Å². The van der Waals surface area contributed by atoms with Crippen LogP contribution in [0.1, 0.15) is 47.1 Å². The summed E-state index contributed by atoms with van der Waals surface area (Å²) in [6.07, 6.45) is -1.30. The number of anilines is 2. The van der Waals surface area contributed by atoms with Crippen molar-refractivity contribution < 1.29 is 28.7 Å². The number of hydrogen-bond donors (Lipinski definition) is 1. The Morgan fingerprint density at radius 3 is 2.24 bits per heavy atom. The van der Waals surface area contributed by atoms with Crippen molar-refractivity contribution >= 4 is 29.2 Å². The van der Waals surface area contributed by atoms with Gasteiger partial charge in [-0.2, -0.15) is 0 Å². The fourth-order valence-electron chi connectivity index (χ4n) is 2.77. The number of hydrogen-bond acceptors (Lipinski definition) is 7. The monoisotopic (exact) mass is 473 g/mol. The van der Waals surface area contributed by atoms with Gasteiger partial charge in [-0.25, -0.2) is 9.59 Å². The lowest BCUT2D eigenvalue weighted by Crippen LogP contribution is -2.34. The van der Waals surface area contributed by atoms with Crippen molar-refractivity contribution in [3.63, 3.8) is 0 Å². The van der Waals surface area contributed by atoms with Crippen molar-refractivity contribution in [1.29, 1.82) is 0 Å². The van der Waals surface area contributed by atoms with Crippen LogP contribution in [0.5, 0.6) is 5.75 Å². The van der Waals surface area contributed by atoms with Crippen molar-refractivity contribution in [3.05, 3.63) is 58.1 Å². The third kappa shape index (κ3) is 8.27. The molecule has 184 valence electrons. The minimum atomic E-state index is -0.757. The third-order valence-electron chi connectivity index (χ3n) is 4.15. The second kappa shape index (κ2) is 10.4. The maximum absolute atomic E-state index is 12.4. The molecule has 0 heterocycles. The summed E-state index contributed by atoms with van der Waals surface area (Å²) < 4.78 is 16.4. The molecule has 10 heteroatoms. The molecule has 0 saturated carbocycles. The Labute approximate surface area is 198 Å². The zero-order valence-electron chi connectivity index (χ0n) is 20.5. The SMILES string of the molecule is CN(C(=O)OC(C)(C)C)c1cc(OCc2cccc(NC(=O)OC(C)(C)C)c2)ccc1[N+](=O)[O-]. The van der Waals surface area contributed by atoms with Crippen LogP contribution in [0, 0.1) is 10.1 Å². The van der Waals surface area contributed by atoms with Crippen LogP contribution < -0.4 is 15.0 Å². The summed E-state index contributed by atoms with van der Waals surface area (Å²) in [4.78, 5) is 36.4. The summed E-state index contributed by atoms with van der Waals surface area (Å²) in [7, 11) is 1.39. The van der Waals surface area contributed by atoms with Crippen LogP contribution in [0.3, 0.4) is 0 Å². The van der Waals surface area contributed by atoms with Gasteiger partial charge >= 0.3 is 12.2 Å². The van der Waals surface area contributed by atoms with Crippen molar-refractivity contribution in [2.45, 2.75) is 59.4 Å². The molecule has 1 N–H and O–H groups in total. The molecule has 0 fully saturated rings. The smallest absolute Gasteiger partial charge is 0.414 e. The van der Waals surface area contributed by atoms with Gasteiger partial charge in [-0.3, -0.25) is 20.3 Å². The maximum atomic E-state index is 12.4. The van der Waals surface area contributed by atoms with Crippen molar-refractivity contribution in [3.8, 4) is 5.75 Å². The first-order valence-electron chi connectivity index (χ1n) is 10.6. The Kier molecular flexibility index (Phi) is 8.09. The lowest BCUT2D eigenvalue weighted by atomic mass is 10.2. The van der Waals surface area contributed by atoms with Gasteiger partial charge in [0.1, 0.15) is 29.2 Å². The van der Waals surface area contributed by atoms with E-state index in [0.29, 0.717) is 11.4 Å². The Balaban J connectivity index is 2.16. The summed E-state index contributed by atoms with van der Waals surface area (Å²) in [6, 6.07) is 11.1. The van der Waals surface area contributed by atoms with Gasteiger partial charge in [0.25, 0.3) is 5.69 Å². The molecule has 0 atom stereocenters. The van der Waals surface area contributed by atoms with Gasteiger partial charge in [0.15, 0.2) is 0 Å². The average Bonchev–Trinajstić information content (AvgIpc) is 2.69. The summed E-state index contributed by atoms with van der Waals surface area (Å²) in [5.41, 5.74) is -0.322. The molecule has 10 nitrogen and oxygen atoms in total. The Morgan fingerprint density at radius 1 is 1.00 bits per heavy atom. The highest BCUT2D eigenvalue weighted by Crippen LogP contribution is 2.33. The number of nitro benzene ring substituents is 1. The predicted octanol–water partition coefficient (Wildman–Crippen LogP) is 5.89. The Bertz CT molecular complexity index is 1060. The molecule has 0 aliphatic heterocycles. The van der Waals surface area contributed by atoms with E-state index in [1.54, 1.807) is 65.8 Å². The summed E-state index contributed by atoms with van der Waals surface area (Å²) in [5, 5.41) is 14.1. The van der Waals surface area contributed by atoms with Gasteiger partial charge < -0.3 is 14.2 Å². The van der Waals surface area contributed by atoms with E-state index in [2.05, 4.69) is 5.32 Å². The topological polar surface area (TPSA) is 120 Å². The molecule has 2 rings (SSSR count). The number of rotatable bonds is 6. The molecule has 34 heavy (non-hydrogen) atoms. The highest BCUT2D eigenvalue weighted by molar-refractivity contribution is 5.90. The summed E-state index contributed by atoms with van der Waals surface area (Å²) >= 11 is 0. The van der Waals surface area contributed by atoms with E-state index in [1.807, 2.05) is 0 Å². The lowest BCUT2D eigenvalue weighted by Gasteiger charge is -2.24. The van der Waals surface area contributed by atoms with Gasteiger partial charge in [-0.15, -0.1) is 0 Å². The van der Waals surface area contributed by atoms with E-state index in [1.165, 1.54) is 25.2 Å². The first-order valence-corrected chi connectivity index (χ1v) is 10.6. The largest absolute Gasteiger partial charge is 0.489 e. The molecule has 2 amide bonds. The highest BCUT2D eigenvalue weighted by Gasteiger charge is 2.26. The first-order chi connectivity index (χ1) is 15.6. The lowest BCUT2D eigenvalue weighted by molar-refractivity contribution is -0.384. The van der Waals surface area contributed by atoms with Crippen LogP contribution in [0.15, 0.2) is 42.5 Å². The van der Waals surface area contributed by atoms with E-state index in [4.69, 9.17) is 14.2 Å². The number of nitro groups is 1. The van der Waals surface area contributed by atoms with E-state index in [-0.39, 0.29) is 18.0 Å². The average molecular weight is 474 g/mol. The minimum absolute atomic E-state index is 0.0390. The zero-order chi connectivity index (χ0) is 25.7. The maximum Gasteiger partial charge on any atom is 0.414 e. The number of benzene rings is 2. The minimum Gasteiger partial charge on any atom is -0.489 e. The predicted molar refractivity (Wildman–Crippen MR) is 128 cm³/mol. The Morgan fingerprint density at radius 2 is 1.65 bits per heavy atom.